The van der Waals surface area contributed by atoms with Crippen molar-refractivity contribution in [2.75, 3.05) is 39.8 Å². The monoisotopic (exact) mass is 240 g/mol. The molecule has 1 saturated heterocycles. The Hall–Kier alpha value is -1.14. The molecule has 6 nitrogen and oxygen atoms in total. The van der Waals surface area contributed by atoms with Gasteiger partial charge < -0.3 is 16.0 Å². The molecule has 1 aliphatic carbocycles. The Labute approximate surface area is 101 Å². The zero-order valence-corrected chi connectivity index (χ0v) is 10.2. The summed E-state index contributed by atoms with van der Waals surface area (Å²) in [7, 11) is 1.64. The van der Waals surface area contributed by atoms with E-state index < -0.39 is 0 Å². The van der Waals surface area contributed by atoms with Crippen molar-refractivity contribution < 1.29 is 9.59 Å². The number of amides is 2. The number of rotatable bonds is 3. The van der Waals surface area contributed by atoms with Gasteiger partial charge in [0.25, 0.3) is 0 Å². The Morgan fingerprint density at radius 3 is 2.35 bits per heavy atom. The molecule has 2 atom stereocenters. The molecule has 0 spiro atoms. The first-order valence-corrected chi connectivity index (χ1v) is 6.09. The van der Waals surface area contributed by atoms with E-state index in [0.717, 1.165) is 19.5 Å². The number of nitrogens with zero attached hydrogens (tertiary/aromatic N) is 2. The van der Waals surface area contributed by atoms with E-state index in [4.69, 9.17) is 5.73 Å². The molecule has 3 N–H and O–H groups in total. The third-order valence-corrected chi connectivity index (χ3v) is 3.49. The number of carbonyl (C=O) groups is 2. The minimum Gasteiger partial charge on any atom is -0.358 e. The predicted molar refractivity (Wildman–Crippen MR) is 63.2 cm³/mol. The van der Waals surface area contributed by atoms with E-state index in [1.54, 1.807) is 7.05 Å². The van der Waals surface area contributed by atoms with Gasteiger partial charge in [0.15, 0.2) is 0 Å². The van der Waals surface area contributed by atoms with Crippen LogP contribution in [0.1, 0.15) is 6.42 Å². The van der Waals surface area contributed by atoms with Gasteiger partial charge in [0, 0.05) is 39.3 Å². The minimum absolute atomic E-state index is 0.0222. The van der Waals surface area contributed by atoms with Gasteiger partial charge >= 0.3 is 0 Å². The van der Waals surface area contributed by atoms with E-state index in [2.05, 4.69) is 10.2 Å². The second-order valence-corrected chi connectivity index (χ2v) is 4.78. The van der Waals surface area contributed by atoms with Crippen molar-refractivity contribution in [1.29, 1.82) is 0 Å². The normalized spacial score (nSPS) is 28.9. The highest BCUT2D eigenvalue weighted by Gasteiger charge is 2.42. The van der Waals surface area contributed by atoms with Gasteiger partial charge in [-0.05, 0) is 6.42 Å². The standard InChI is InChI=1S/C11H20N4O2/c1-13-10(16)7-14-2-4-15(5-3-14)11(17)8-6-9(8)12/h8-9H,2-7,12H2,1H3,(H,13,16). The van der Waals surface area contributed by atoms with Crippen LogP contribution in [-0.2, 0) is 9.59 Å². The molecule has 1 aliphatic heterocycles. The number of nitrogens with one attached hydrogen (secondary N) is 1. The number of nitrogens with two attached hydrogens (primary N) is 1. The van der Waals surface area contributed by atoms with Crippen molar-refractivity contribution in [3.8, 4) is 0 Å². The molecule has 2 fully saturated rings. The zero-order valence-electron chi connectivity index (χ0n) is 10.2. The Morgan fingerprint density at radius 1 is 1.29 bits per heavy atom. The van der Waals surface area contributed by atoms with Gasteiger partial charge in [0.1, 0.15) is 0 Å². The molecule has 2 amide bonds. The lowest BCUT2D eigenvalue weighted by molar-refractivity contribution is -0.134. The van der Waals surface area contributed by atoms with Crippen molar-refractivity contribution >= 4 is 11.8 Å². The fourth-order valence-electron chi connectivity index (χ4n) is 2.14. The number of likely N-dealkylation sites (N-methyl/N-ethyl adjacent to an activating group) is 1. The summed E-state index contributed by atoms with van der Waals surface area (Å²) in [5.41, 5.74) is 5.67. The lowest BCUT2D eigenvalue weighted by Gasteiger charge is -2.34. The topological polar surface area (TPSA) is 78.7 Å². The molecule has 0 bridgehead atoms. The average molecular weight is 240 g/mol. The molecule has 17 heavy (non-hydrogen) atoms. The molecule has 2 rings (SSSR count). The molecule has 96 valence electrons. The SMILES string of the molecule is CNC(=O)CN1CCN(C(=O)C2CC2N)CC1. The van der Waals surface area contributed by atoms with Gasteiger partial charge in [0.2, 0.25) is 11.8 Å². The number of hydrogen-bond acceptors (Lipinski definition) is 4. The lowest BCUT2D eigenvalue weighted by atomic mass is 10.2. The van der Waals surface area contributed by atoms with E-state index in [0.29, 0.717) is 19.6 Å². The highest BCUT2D eigenvalue weighted by atomic mass is 16.2. The fraction of sp³-hybridized carbons (Fsp3) is 0.818. The van der Waals surface area contributed by atoms with Crippen LogP contribution < -0.4 is 11.1 Å². The first-order chi connectivity index (χ1) is 8.11. The van der Waals surface area contributed by atoms with E-state index in [1.165, 1.54) is 0 Å². The summed E-state index contributed by atoms with van der Waals surface area (Å²) in [6.45, 7) is 3.36. The minimum atomic E-state index is 0.0222. The summed E-state index contributed by atoms with van der Waals surface area (Å²) in [6, 6.07) is 0.0754. The summed E-state index contributed by atoms with van der Waals surface area (Å²) >= 11 is 0. The zero-order chi connectivity index (χ0) is 12.4. The summed E-state index contributed by atoms with van der Waals surface area (Å²) in [5, 5.41) is 2.60. The van der Waals surface area contributed by atoms with Crippen LogP contribution >= 0.6 is 0 Å². The van der Waals surface area contributed by atoms with Crippen LogP contribution in [0.15, 0.2) is 0 Å². The highest BCUT2D eigenvalue weighted by molar-refractivity contribution is 5.82. The second kappa shape index (κ2) is 5.01. The fourth-order valence-corrected chi connectivity index (χ4v) is 2.14. The predicted octanol–water partition coefficient (Wildman–Crippen LogP) is -1.78. The second-order valence-electron chi connectivity index (χ2n) is 4.78. The Balaban J connectivity index is 1.74. The molecular formula is C11H20N4O2. The summed E-state index contributed by atoms with van der Waals surface area (Å²) < 4.78 is 0. The van der Waals surface area contributed by atoms with Crippen molar-refractivity contribution in [3.63, 3.8) is 0 Å². The molecule has 0 aromatic heterocycles. The quantitative estimate of drug-likeness (QED) is 0.611. The van der Waals surface area contributed by atoms with Crippen LogP contribution in [0, 0.1) is 5.92 Å². The highest BCUT2D eigenvalue weighted by Crippen LogP contribution is 2.30. The smallest absolute Gasteiger partial charge is 0.233 e. The molecule has 0 aromatic rings. The van der Waals surface area contributed by atoms with Gasteiger partial charge in [-0.15, -0.1) is 0 Å². The molecule has 0 radical (unpaired) electrons. The first kappa shape index (κ1) is 12.3. The average Bonchev–Trinajstić information content (AvgIpc) is 3.06. The van der Waals surface area contributed by atoms with E-state index >= 15 is 0 Å². The van der Waals surface area contributed by atoms with Gasteiger partial charge in [-0.3, -0.25) is 14.5 Å². The third-order valence-electron chi connectivity index (χ3n) is 3.49. The van der Waals surface area contributed by atoms with Crippen LogP contribution in [-0.4, -0.2) is 67.4 Å². The number of piperazine rings is 1. The van der Waals surface area contributed by atoms with Crippen LogP contribution in [0.3, 0.4) is 0 Å². The van der Waals surface area contributed by atoms with E-state index in [-0.39, 0.29) is 23.8 Å². The van der Waals surface area contributed by atoms with Gasteiger partial charge in [-0.1, -0.05) is 0 Å². The van der Waals surface area contributed by atoms with Crippen molar-refractivity contribution in [1.82, 2.24) is 15.1 Å². The largest absolute Gasteiger partial charge is 0.358 e. The molecule has 6 heteroatoms. The van der Waals surface area contributed by atoms with Crippen molar-refractivity contribution in [2.45, 2.75) is 12.5 Å². The van der Waals surface area contributed by atoms with Crippen molar-refractivity contribution in [3.05, 3.63) is 0 Å². The van der Waals surface area contributed by atoms with Gasteiger partial charge in [-0.2, -0.15) is 0 Å². The molecule has 1 saturated carbocycles. The van der Waals surface area contributed by atoms with Crippen LogP contribution in [0.25, 0.3) is 0 Å². The van der Waals surface area contributed by atoms with Crippen molar-refractivity contribution in [2.24, 2.45) is 11.7 Å². The Morgan fingerprint density at radius 2 is 1.88 bits per heavy atom. The van der Waals surface area contributed by atoms with E-state index in [1.807, 2.05) is 4.90 Å². The summed E-state index contributed by atoms with van der Waals surface area (Å²) in [4.78, 5) is 27.0. The van der Waals surface area contributed by atoms with Gasteiger partial charge in [0.05, 0.1) is 12.5 Å². The molecule has 2 unspecified atom stereocenters. The third kappa shape index (κ3) is 2.95. The number of carbonyl (C=O) groups excluding carboxylic acids is 2. The van der Waals surface area contributed by atoms with E-state index in [9.17, 15) is 9.59 Å². The maximum atomic E-state index is 11.9. The molecule has 0 aromatic carbocycles. The van der Waals surface area contributed by atoms with Crippen LogP contribution in [0.2, 0.25) is 0 Å². The van der Waals surface area contributed by atoms with Crippen LogP contribution in [0.5, 0.6) is 0 Å². The maximum absolute atomic E-state index is 11.9. The number of hydrogen-bond donors (Lipinski definition) is 2. The van der Waals surface area contributed by atoms with Crippen LogP contribution in [0.4, 0.5) is 0 Å². The molecule has 2 aliphatic rings. The molecule has 1 heterocycles. The maximum Gasteiger partial charge on any atom is 0.233 e. The summed E-state index contributed by atoms with van der Waals surface area (Å²) in [6.07, 6.45) is 0.831. The molecular weight excluding hydrogens is 220 g/mol. The first-order valence-electron chi connectivity index (χ1n) is 6.09. The Kier molecular flexibility index (Phi) is 3.63. The van der Waals surface area contributed by atoms with Gasteiger partial charge in [-0.25, -0.2) is 0 Å². The lowest BCUT2D eigenvalue weighted by Crippen LogP contribution is -2.51. The Bertz CT molecular complexity index is 313. The summed E-state index contributed by atoms with van der Waals surface area (Å²) in [5.74, 6) is 0.270.